The highest BCUT2D eigenvalue weighted by Gasteiger charge is 2.20. The first-order valence-corrected chi connectivity index (χ1v) is 5.58. The Balaban J connectivity index is 2.00. The Morgan fingerprint density at radius 3 is 2.87 bits per heavy atom. The minimum Gasteiger partial charge on any atom is -0.376 e. The second-order valence-corrected chi connectivity index (χ2v) is 5.21. The minimum absolute atomic E-state index is 0.0782. The van der Waals surface area contributed by atoms with Crippen LogP contribution >= 0.6 is 0 Å². The molecule has 1 aliphatic heterocycles. The van der Waals surface area contributed by atoms with Crippen LogP contribution in [0.15, 0.2) is 6.20 Å². The Kier molecular flexibility index (Phi) is 2.78. The van der Waals surface area contributed by atoms with E-state index < -0.39 is 0 Å². The summed E-state index contributed by atoms with van der Waals surface area (Å²) in [6.07, 6.45) is 4.68. The van der Waals surface area contributed by atoms with Crippen molar-refractivity contribution in [3.05, 3.63) is 11.9 Å². The van der Waals surface area contributed by atoms with Gasteiger partial charge in [0.1, 0.15) is 0 Å². The fourth-order valence-corrected chi connectivity index (χ4v) is 1.73. The van der Waals surface area contributed by atoms with Crippen LogP contribution in [0.5, 0.6) is 0 Å². The molecule has 1 aliphatic rings. The standard InChI is InChI=1S/C11H19N3O/c1-11(2,3)10-8-14(13-12-10)7-9-5-4-6-15-9/h8-9H,4-7H2,1-3H3. The third-order valence-electron chi connectivity index (χ3n) is 2.72. The van der Waals surface area contributed by atoms with Crippen LogP contribution in [0.4, 0.5) is 0 Å². The van der Waals surface area contributed by atoms with Crippen molar-refractivity contribution in [1.82, 2.24) is 15.0 Å². The second-order valence-electron chi connectivity index (χ2n) is 5.21. The molecule has 84 valence electrons. The van der Waals surface area contributed by atoms with Crippen LogP contribution in [-0.4, -0.2) is 27.7 Å². The van der Waals surface area contributed by atoms with Gasteiger partial charge in [0.15, 0.2) is 0 Å². The van der Waals surface area contributed by atoms with Crippen LogP contribution < -0.4 is 0 Å². The largest absolute Gasteiger partial charge is 0.376 e. The summed E-state index contributed by atoms with van der Waals surface area (Å²) in [7, 11) is 0. The summed E-state index contributed by atoms with van der Waals surface area (Å²) in [5, 5.41) is 8.32. The molecule has 4 nitrogen and oxygen atoms in total. The fourth-order valence-electron chi connectivity index (χ4n) is 1.73. The first-order chi connectivity index (χ1) is 7.05. The van der Waals surface area contributed by atoms with E-state index in [1.165, 1.54) is 6.42 Å². The summed E-state index contributed by atoms with van der Waals surface area (Å²) >= 11 is 0. The summed E-state index contributed by atoms with van der Waals surface area (Å²) in [6, 6.07) is 0. The number of nitrogens with zero attached hydrogens (tertiary/aromatic N) is 3. The maximum Gasteiger partial charge on any atom is 0.0880 e. The van der Waals surface area contributed by atoms with E-state index >= 15 is 0 Å². The fraction of sp³-hybridized carbons (Fsp3) is 0.818. The second kappa shape index (κ2) is 3.93. The quantitative estimate of drug-likeness (QED) is 0.745. The third kappa shape index (κ3) is 2.56. The predicted octanol–water partition coefficient (Wildman–Crippen LogP) is 1.75. The van der Waals surface area contributed by atoms with E-state index in [-0.39, 0.29) is 5.41 Å². The van der Waals surface area contributed by atoms with Crippen molar-refractivity contribution >= 4 is 0 Å². The molecule has 0 N–H and O–H groups in total. The van der Waals surface area contributed by atoms with Crippen molar-refractivity contribution in [2.75, 3.05) is 6.61 Å². The van der Waals surface area contributed by atoms with E-state index in [0.29, 0.717) is 6.10 Å². The van der Waals surface area contributed by atoms with E-state index in [0.717, 1.165) is 25.3 Å². The van der Waals surface area contributed by atoms with Gasteiger partial charge in [0, 0.05) is 18.2 Å². The van der Waals surface area contributed by atoms with Crippen molar-refractivity contribution in [3.8, 4) is 0 Å². The van der Waals surface area contributed by atoms with Crippen molar-refractivity contribution < 1.29 is 4.74 Å². The zero-order chi connectivity index (χ0) is 10.9. The molecule has 0 amide bonds. The highest BCUT2D eigenvalue weighted by molar-refractivity contribution is 5.06. The number of aromatic nitrogens is 3. The molecule has 0 bridgehead atoms. The molecule has 0 spiro atoms. The van der Waals surface area contributed by atoms with Crippen LogP contribution in [-0.2, 0) is 16.7 Å². The van der Waals surface area contributed by atoms with E-state index in [2.05, 4.69) is 31.1 Å². The highest BCUT2D eigenvalue weighted by atomic mass is 16.5. The van der Waals surface area contributed by atoms with Crippen molar-refractivity contribution in [1.29, 1.82) is 0 Å². The normalized spacial score (nSPS) is 22.2. The SMILES string of the molecule is CC(C)(C)c1cn(CC2CCCO2)nn1. The summed E-state index contributed by atoms with van der Waals surface area (Å²) in [5.74, 6) is 0. The Morgan fingerprint density at radius 2 is 2.33 bits per heavy atom. The lowest BCUT2D eigenvalue weighted by Crippen LogP contribution is -2.15. The molecule has 1 fully saturated rings. The van der Waals surface area contributed by atoms with Gasteiger partial charge in [-0.15, -0.1) is 5.10 Å². The number of hydrogen-bond donors (Lipinski definition) is 0. The molecule has 1 atom stereocenters. The molecule has 4 heteroatoms. The molecule has 0 aromatic carbocycles. The van der Waals surface area contributed by atoms with E-state index in [4.69, 9.17) is 4.74 Å². The van der Waals surface area contributed by atoms with Gasteiger partial charge in [0.2, 0.25) is 0 Å². The van der Waals surface area contributed by atoms with Gasteiger partial charge in [-0.05, 0) is 12.8 Å². The van der Waals surface area contributed by atoms with E-state index in [1.807, 2.05) is 10.9 Å². The summed E-state index contributed by atoms with van der Waals surface area (Å²) in [6.45, 7) is 8.17. The summed E-state index contributed by atoms with van der Waals surface area (Å²) in [4.78, 5) is 0. The zero-order valence-corrected chi connectivity index (χ0v) is 9.73. The number of rotatable bonds is 2. The summed E-state index contributed by atoms with van der Waals surface area (Å²) < 4.78 is 7.46. The molecule has 0 aliphatic carbocycles. The lowest BCUT2D eigenvalue weighted by molar-refractivity contribution is 0.0935. The lowest BCUT2D eigenvalue weighted by atomic mass is 9.93. The molecule has 1 unspecified atom stereocenters. The van der Waals surface area contributed by atoms with Crippen LogP contribution in [0.3, 0.4) is 0 Å². The number of hydrogen-bond acceptors (Lipinski definition) is 3. The highest BCUT2D eigenvalue weighted by Crippen LogP contribution is 2.19. The smallest absolute Gasteiger partial charge is 0.0880 e. The molecule has 0 radical (unpaired) electrons. The lowest BCUT2D eigenvalue weighted by Gasteiger charge is -2.13. The third-order valence-corrected chi connectivity index (χ3v) is 2.72. The average Bonchev–Trinajstić information content (AvgIpc) is 2.73. The molecule has 1 aromatic heterocycles. The van der Waals surface area contributed by atoms with E-state index in [9.17, 15) is 0 Å². The zero-order valence-electron chi connectivity index (χ0n) is 9.73. The summed E-state index contributed by atoms with van der Waals surface area (Å²) in [5.41, 5.74) is 1.12. The Hall–Kier alpha value is -0.900. The van der Waals surface area contributed by atoms with Crippen molar-refractivity contribution in [2.45, 2.75) is 51.7 Å². The van der Waals surface area contributed by atoms with Gasteiger partial charge in [-0.1, -0.05) is 26.0 Å². The molecule has 1 aromatic rings. The molecular formula is C11H19N3O. The van der Waals surface area contributed by atoms with Crippen LogP contribution in [0.25, 0.3) is 0 Å². The van der Waals surface area contributed by atoms with Gasteiger partial charge in [0.05, 0.1) is 18.3 Å². The number of ether oxygens (including phenoxy) is 1. The molecule has 2 heterocycles. The monoisotopic (exact) mass is 209 g/mol. The maximum atomic E-state index is 5.56. The Morgan fingerprint density at radius 1 is 1.53 bits per heavy atom. The Labute approximate surface area is 90.6 Å². The van der Waals surface area contributed by atoms with Crippen LogP contribution in [0.1, 0.15) is 39.3 Å². The van der Waals surface area contributed by atoms with Gasteiger partial charge >= 0.3 is 0 Å². The van der Waals surface area contributed by atoms with Gasteiger partial charge in [-0.2, -0.15) is 0 Å². The predicted molar refractivity (Wildman–Crippen MR) is 57.7 cm³/mol. The molecule has 0 saturated carbocycles. The first kappa shape index (κ1) is 10.6. The van der Waals surface area contributed by atoms with Gasteiger partial charge in [-0.25, -0.2) is 4.68 Å². The molecule has 1 saturated heterocycles. The minimum atomic E-state index is 0.0782. The van der Waals surface area contributed by atoms with Gasteiger partial charge in [0.25, 0.3) is 0 Å². The topological polar surface area (TPSA) is 39.9 Å². The van der Waals surface area contributed by atoms with Gasteiger partial charge < -0.3 is 4.74 Å². The maximum absolute atomic E-state index is 5.56. The average molecular weight is 209 g/mol. The van der Waals surface area contributed by atoms with E-state index in [1.54, 1.807) is 0 Å². The molecule has 2 rings (SSSR count). The first-order valence-electron chi connectivity index (χ1n) is 5.58. The van der Waals surface area contributed by atoms with Crippen LogP contribution in [0.2, 0.25) is 0 Å². The molecule has 15 heavy (non-hydrogen) atoms. The molecular weight excluding hydrogens is 190 g/mol. The Bertz CT molecular complexity index is 321. The van der Waals surface area contributed by atoms with Crippen LogP contribution in [0, 0.1) is 0 Å². The van der Waals surface area contributed by atoms with Gasteiger partial charge in [-0.3, -0.25) is 0 Å². The van der Waals surface area contributed by atoms with Crippen molar-refractivity contribution in [3.63, 3.8) is 0 Å². The van der Waals surface area contributed by atoms with Crippen molar-refractivity contribution in [2.24, 2.45) is 0 Å².